The van der Waals surface area contributed by atoms with Gasteiger partial charge in [-0.3, -0.25) is 4.79 Å². The molecule has 0 fully saturated rings. The summed E-state index contributed by atoms with van der Waals surface area (Å²) in [7, 11) is 0. The van der Waals surface area contributed by atoms with E-state index in [0.717, 1.165) is 43.0 Å². The number of hydrogen-bond acceptors (Lipinski definition) is 3. The second kappa shape index (κ2) is 13.5. The van der Waals surface area contributed by atoms with E-state index in [4.69, 9.17) is 4.74 Å². The highest BCUT2D eigenvalue weighted by Crippen LogP contribution is 2.16. The van der Waals surface area contributed by atoms with Crippen molar-refractivity contribution in [2.24, 2.45) is 5.92 Å². The summed E-state index contributed by atoms with van der Waals surface area (Å²) in [5, 5.41) is 3.83. The lowest BCUT2D eigenvalue weighted by Gasteiger charge is -2.06. The predicted octanol–water partition coefficient (Wildman–Crippen LogP) is 6.14. The summed E-state index contributed by atoms with van der Waals surface area (Å²) in [6.07, 6.45) is 9.85. The van der Waals surface area contributed by atoms with Crippen LogP contribution in [-0.4, -0.2) is 24.0 Å². The monoisotopic (exact) mass is 412 g/mol. The van der Waals surface area contributed by atoms with Gasteiger partial charge in [0.1, 0.15) is 5.83 Å². The fourth-order valence-electron chi connectivity index (χ4n) is 2.91. The Hall–Kier alpha value is -2.69. The number of benzene rings is 1. The topological polar surface area (TPSA) is 51.2 Å². The first-order valence-electron chi connectivity index (χ1n) is 10.8. The molecule has 1 aromatic carbocycles. The van der Waals surface area contributed by atoms with Crippen molar-refractivity contribution in [3.63, 3.8) is 0 Å². The van der Waals surface area contributed by atoms with Crippen molar-refractivity contribution in [3.8, 4) is 5.88 Å². The third kappa shape index (κ3) is 9.68. The summed E-state index contributed by atoms with van der Waals surface area (Å²) in [6, 6.07) is 11.9. The van der Waals surface area contributed by atoms with Crippen LogP contribution in [0.25, 0.3) is 10.9 Å². The molecule has 1 amide bonds. The van der Waals surface area contributed by atoms with E-state index in [-0.39, 0.29) is 11.7 Å². The predicted molar refractivity (Wildman–Crippen MR) is 121 cm³/mol. The lowest BCUT2D eigenvalue weighted by Crippen LogP contribution is -2.25. The number of allylic oxidation sites excluding steroid dienone is 3. The quantitative estimate of drug-likeness (QED) is 0.244. The van der Waals surface area contributed by atoms with Crippen LogP contribution in [-0.2, 0) is 4.79 Å². The zero-order valence-electron chi connectivity index (χ0n) is 18.1. The normalized spacial score (nSPS) is 12.1. The minimum absolute atomic E-state index is 0.256. The van der Waals surface area contributed by atoms with Crippen molar-refractivity contribution in [3.05, 3.63) is 60.5 Å². The van der Waals surface area contributed by atoms with Gasteiger partial charge in [0.05, 0.1) is 12.1 Å². The zero-order chi connectivity index (χ0) is 21.6. The first-order valence-corrected chi connectivity index (χ1v) is 10.8. The maximum absolute atomic E-state index is 13.7. The molecule has 1 aromatic heterocycles. The molecule has 0 spiro atoms. The Bertz CT molecular complexity index is 846. The smallest absolute Gasteiger partial charge is 0.244 e. The zero-order valence-corrected chi connectivity index (χ0v) is 18.1. The molecule has 2 rings (SSSR count). The van der Waals surface area contributed by atoms with Gasteiger partial charge in [-0.05, 0) is 49.5 Å². The van der Waals surface area contributed by atoms with E-state index >= 15 is 0 Å². The van der Waals surface area contributed by atoms with E-state index in [1.165, 1.54) is 12.2 Å². The summed E-state index contributed by atoms with van der Waals surface area (Å²) >= 11 is 0. The van der Waals surface area contributed by atoms with Crippen molar-refractivity contribution in [1.82, 2.24) is 10.3 Å². The molecule has 0 saturated carbocycles. The number of unbranched alkanes of at least 4 members (excludes halogenated alkanes) is 5. The highest BCUT2D eigenvalue weighted by molar-refractivity contribution is 5.87. The number of nitrogens with zero attached hydrogens (tertiary/aromatic N) is 1. The van der Waals surface area contributed by atoms with Gasteiger partial charge in [-0.15, -0.1) is 0 Å². The van der Waals surface area contributed by atoms with Gasteiger partial charge >= 0.3 is 0 Å². The van der Waals surface area contributed by atoms with Gasteiger partial charge in [-0.2, -0.15) is 0 Å². The number of ether oxygens (including phenoxy) is 1. The molecule has 0 bridgehead atoms. The number of carbonyl (C=O) groups is 1. The number of fused-ring (bicyclic) bond motifs is 1. The van der Waals surface area contributed by atoms with Gasteiger partial charge in [0.25, 0.3) is 0 Å². The van der Waals surface area contributed by atoms with Crippen LogP contribution in [0, 0.1) is 5.92 Å². The molecule has 2 aromatic rings. The summed E-state index contributed by atoms with van der Waals surface area (Å²) in [4.78, 5) is 16.0. The summed E-state index contributed by atoms with van der Waals surface area (Å²) in [6.45, 7) is 5.28. The largest absolute Gasteiger partial charge is 0.478 e. The number of aromatic nitrogens is 1. The van der Waals surface area contributed by atoms with Gasteiger partial charge in [-0.1, -0.05) is 51.3 Å². The Kier molecular flexibility index (Phi) is 10.6. The van der Waals surface area contributed by atoms with Gasteiger partial charge in [0, 0.05) is 24.1 Å². The third-order valence-corrected chi connectivity index (χ3v) is 4.59. The molecule has 1 N–H and O–H groups in total. The second-order valence-corrected chi connectivity index (χ2v) is 7.81. The van der Waals surface area contributed by atoms with E-state index in [0.29, 0.717) is 31.4 Å². The van der Waals surface area contributed by atoms with Crippen molar-refractivity contribution in [1.29, 1.82) is 0 Å². The van der Waals surface area contributed by atoms with Crippen LogP contribution >= 0.6 is 0 Å². The summed E-state index contributed by atoms with van der Waals surface area (Å²) in [5.74, 6) is 0.434. The van der Waals surface area contributed by atoms with E-state index in [9.17, 15) is 9.18 Å². The minimum Gasteiger partial charge on any atom is -0.478 e. The van der Waals surface area contributed by atoms with Crippen LogP contribution in [0.15, 0.2) is 60.5 Å². The molecule has 0 saturated heterocycles. The van der Waals surface area contributed by atoms with Crippen molar-refractivity contribution >= 4 is 16.8 Å². The average Bonchev–Trinajstić information content (AvgIpc) is 2.75. The van der Waals surface area contributed by atoms with Gasteiger partial charge < -0.3 is 10.1 Å². The van der Waals surface area contributed by atoms with Gasteiger partial charge in [0.15, 0.2) is 0 Å². The molecule has 162 valence electrons. The first kappa shape index (κ1) is 23.6. The lowest BCUT2D eigenvalue weighted by atomic mass is 10.1. The van der Waals surface area contributed by atoms with Crippen LogP contribution in [0.4, 0.5) is 4.39 Å². The molecule has 0 unspecified atom stereocenters. The maximum atomic E-state index is 13.7. The first-order chi connectivity index (χ1) is 14.5. The molecule has 5 heteroatoms. The Labute approximate surface area is 179 Å². The number of pyridine rings is 1. The molecule has 0 aliphatic rings. The Morgan fingerprint density at radius 2 is 1.83 bits per heavy atom. The molecule has 0 atom stereocenters. The molecule has 0 aliphatic heterocycles. The van der Waals surface area contributed by atoms with Crippen LogP contribution in [0.2, 0.25) is 0 Å². The molecule has 1 heterocycles. The van der Waals surface area contributed by atoms with Crippen LogP contribution in [0.3, 0.4) is 0 Å². The Balaban J connectivity index is 1.51. The van der Waals surface area contributed by atoms with Gasteiger partial charge in [0.2, 0.25) is 11.8 Å². The second-order valence-electron chi connectivity index (χ2n) is 7.81. The number of carbonyl (C=O) groups excluding carboxylic acids is 1. The molecule has 0 radical (unpaired) electrons. The molecule has 4 nitrogen and oxygen atoms in total. The molecular formula is C25H33FN2O2. The van der Waals surface area contributed by atoms with Crippen molar-refractivity contribution in [2.75, 3.05) is 13.2 Å². The number of para-hydroxylation sites is 1. The number of halogens is 1. The van der Waals surface area contributed by atoms with Crippen molar-refractivity contribution < 1.29 is 13.9 Å². The van der Waals surface area contributed by atoms with Crippen molar-refractivity contribution in [2.45, 2.75) is 52.4 Å². The number of amides is 1. The molecular weight excluding hydrogens is 379 g/mol. The fraction of sp³-hybridized carbons (Fsp3) is 0.440. The highest BCUT2D eigenvalue weighted by Gasteiger charge is 2.00. The van der Waals surface area contributed by atoms with Gasteiger partial charge in [-0.25, -0.2) is 9.37 Å². The standard InChI is InChI=1S/C25H33FN2O2/c1-20(2)19-27-24(29)16-15-22(26)12-7-5-3-4-6-10-18-30-25-17-14-21-11-8-9-13-23(21)28-25/h8-9,11-17,20H,3-7,10,18-19H2,1-2H3,(H,27,29). The van der Waals surface area contributed by atoms with Crippen LogP contribution < -0.4 is 10.1 Å². The maximum Gasteiger partial charge on any atom is 0.244 e. The number of rotatable bonds is 13. The van der Waals surface area contributed by atoms with Crippen LogP contribution in [0.1, 0.15) is 52.4 Å². The SMILES string of the molecule is CC(C)CNC(=O)C=CC(F)=CCCCCCCCOc1ccc2ccccc2n1. The minimum atomic E-state index is -0.356. The Morgan fingerprint density at radius 1 is 1.07 bits per heavy atom. The summed E-state index contributed by atoms with van der Waals surface area (Å²) in [5.41, 5.74) is 0.946. The highest BCUT2D eigenvalue weighted by atomic mass is 19.1. The number of hydrogen-bond donors (Lipinski definition) is 1. The lowest BCUT2D eigenvalue weighted by molar-refractivity contribution is -0.116. The summed E-state index contributed by atoms with van der Waals surface area (Å²) < 4.78 is 19.4. The average molecular weight is 413 g/mol. The number of nitrogens with one attached hydrogen (secondary N) is 1. The van der Waals surface area contributed by atoms with Crippen LogP contribution in [0.5, 0.6) is 5.88 Å². The van der Waals surface area contributed by atoms with E-state index < -0.39 is 0 Å². The van der Waals surface area contributed by atoms with E-state index in [2.05, 4.69) is 10.3 Å². The van der Waals surface area contributed by atoms with E-state index in [1.807, 2.05) is 50.2 Å². The van der Waals surface area contributed by atoms with E-state index in [1.54, 1.807) is 6.08 Å². The molecule has 0 aliphatic carbocycles. The fourth-order valence-corrected chi connectivity index (χ4v) is 2.91. The third-order valence-electron chi connectivity index (χ3n) is 4.59. The molecule has 30 heavy (non-hydrogen) atoms. The Morgan fingerprint density at radius 3 is 2.67 bits per heavy atom.